The Hall–Kier alpha value is -2.76. The lowest BCUT2D eigenvalue weighted by molar-refractivity contribution is -0.144. The molecule has 0 aliphatic carbocycles. The number of rotatable bonds is 4. The fourth-order valence-corrected chi connectivity index (χ4v) is 2.43. The molecule has 1 aromatic heterocycles. The molecule has 1 aromatic carbocycles. The highest BCUT2D eigenvalue weighted by molar-refractivity contribution is 6.37. The van der Waals surface area contributed by atoms with Crippen molar-refractivity contribution in [3.05, 3.63) is 27.7 Å². The Morgan fingerprint density at radius 3 is 2.42 bits per heavy atom. The first-order valence-corrected chi connectivity index (χ1v) is 7.22. The third-order valence-corrected chi connectivity index (χ3v) is 3.54. The third kappa shape index (κ3) is 3.42. The van der Waals surface area contributed by atoms with Crippen LogP contribution in [-0.2, 0) is 4.79 Å². The summed E-state index contributed by atoms with van der Waals surface area (Å²) in [6.45, 7) is 1.34. The zero-order valence-electron chi connectivity index (χ0n) is 12.2. The van der Waals surface area contributed by atoms with Gasteiger partial charge in [0.15, 0.2) is 11.9 Å². The summed E-state index contributed by atoms with van der Waals surface area (Å²) in [7, 11) is 0. The van der Waals surface area contributed by atoms with Crippen LogP contribution in [-0.4, -0.2) is 27.1 Å². The molecule has 0 saturated heterocycles. The quantitative estimate of drug-likeness (QED) is 0.745. The SMILES string of the molecule is CC(Oc1c(Cl)cc(-c2nc(N)nc(N)c2C#N)cc1Cl)C(=O)O. The van der Waals surface area contributed by atoms with Gasteiger partial charge in [0.05, 0.1) is 15.7 Å². The number of carboxylic acid groups (broad SMARTS) is 1. The average molecular weight is 368 g/mol. The maximum absolute atomic E-state index is 10.9. The molecule has 8 nitrogen and oxygen atoms in total. The van der Waals surface area contributed by atoms with E-state index in [0.29, 0.717) is 5.56 Å². The van der Waals surface area contributed by atoms with Crippen LogP contribution in [0.4, 0.5) is 11.8 Å². The first-order valence-electron chi connectivity index (χ1n) is 6.46. The van der Waals surface area contributed by atoms with Gasteiger partial charge >= 0.3 is 5.97 Å². The van der Waals surface area contributed by atoms with Crippen molar-refractivity contribution in [2.75, 3.05) is 11.5 Å². The Morgan fingerprint density at radius 1 is 1.33 bits per heavy atom. The van der Waals surface area contributed by atoms with Crippen LogP contribution in [0.3, 0.4) is 0 Å². The molecule has 0 aliphatic rings. The number of nitriles is 1. The molecule has 0 spiro atoms. The lowest BCUT2D eigenvalue weighted by Crippen LogP contribution is -2.23. The molecule has 5 N–H and O–H groups in total. The van der Waals surface area contributed by atoms with E-state index < -0.39 is 12.1 Å². The first-order chi connectivity index (χ1) is 11.2. The number of ether oxygens (including phenoxy) is 1. The molecule has 2 rings (SSSR count). The third-order valence-electron chi connectivity index (χ3n) is 2.98. The second-order valence-electron chi connectivity index (χ2n) is 4.67. The number of nitrogens with zero attached hydrogens (tertiary/aromatic N) is 3. The number of anilines is 2. The largest absolute Gasteiger partial charge is 0.479 e. The zero-order valence-corrected chi connectivity index (χ0v) is 13.8. The molecule has 0 fully saturated rings. The minimum absolute atomic E-state index is 0.00508. The number of hydrogen-bond donors (Lipinski definition) is 3. The van der Waals surface area contributed by atoms with Crippen LogP contribution in [0.2, 0.25) is 10.0 Å². The van der Waals surface area contributed by atoms with Crippen LogP contribution in [0.25, 0.3) is 11.3 Å². The van der Waals surface area contributed by atoms with E-state index in [1.807, 2.05) is 6.07 Å². The normalized spacial score (nSPS) is 11.6. The Balaban J connectivity index is 2.56. The molecular weight excluding hydrogens is 357 g/mol. The second kappa shape index (κ2) is 6.78. The van der Waals surface area contributed by atoms with Crippen LogP contribution < -0.4 is 16.2 Å². The number of hydrogen-bond acceptors (Lipinski definition) is 7. The van der Waals surface area contributed by atoms with Crippen LogP contribution in [0.1, 0.15) is 12.5 Å². The molecule has 10 heteroatoms. The van der Waals surface area contributed by atoms with E-state index in [1.165, 1.54) is 19.1 Å². The summed E-state index contributed by atoms with van der Waals surface area (Å²) in [5, 5.41) is 18.2. The lowest BCUT2D eigenvalue weighted by atomic mass is 10.1. The van der Waals surface area contributed by atoms with Gasteiger partial charge in [0, 0.05) is 5.56 Å². The van der Waals surface area contributed by atoms with Gasteiger partial charge in [0.2, 0.25) is 5.95 Å². The summed E-state index contributed by atoms with van der Waals surface area (Å²) in [4.78, 5) is 18.6. The van der Waals surface area contributed by atoms with Crippen molar-refractivity contribution in [3.63, 3.8) is 0 Å². The molecule has 0 radical (unpaired) electrons. The van der Waals surface area contributed by atoms with Crippen LogP contribution in [0.15, 0.2) is 12.1 Å². The molecule has 124 valence electrons. The number of aromatic nitrogens is 2. The number of carboxylic acids is 1. The van der Waals surface area contributed by atoms with Crippen molar-refractivity contribution >= 4 is 40.9 Å². The number of benzene rings is 1. The number of nitrogens with two attached hydrogens (primary N) is 2. The first kappa shape index (κ1) is 17.6. The minimum Gasteiger partial charge on any atom is -0.479 e. The van der Waals surface area contributed by atoms with Crippen molar-refractivity contribution in [1.29, 1.82) is 5.26 Å². The highest BCUT2D eigenvalue weighted by Crippen LogP contribution is 2.39. The van der Waals surface area contributed by atoms with Gasteiger partial charge in [0.25, 0.3) is 0 Å². The molecular formula is C14H11Cl2N5O3. The van der Waals surface area contributed by atoms with Crippen LogP contribution >= 0.6 is 23.2 Å². The molecule has 0 bridgehead atoms. The fraction of sp³-hybridized carbons (Fsp3) is 0.143. The van der Waals surface area contributed by atoms with Crippen molar-refractivity contribution < 1.29 is 14.6 Å². The number of carbonyl (C=O) groups is 1. The number of halogens is 2. The van der Waals surface area contributed by atoms with E-state index in [9.17, 15) is 10.1 Å². The van der Waals surface area contributed by atoms with E-state index in [-0.39, 0.29) is 38.8 Å². The molecule has 0 saturated carbocycles. The van der Waals surface area contributed by atoms with Gasteiger partial charge in [-0.1, -0.05) is 23.2 Å². The van der Waals surface area contributed by atoms with E-state index in [0.717, 1.165) is 0 Å². The summed E-state index contributed by atoms with van der Waals surface area (Å²) in [6, 6.07) is 4.72. The Bertz CT molecular complexity index is 843. The number of aliphatic carboxylic acids is 1. The highest BCUT2D eigenvalue weighted by Gasteiger charge is 2.20. The lowest BCUT2D eigenvalue weighted by Gasteiger charge is -2.15. The van der Waals surface area contributed by atoms with Crippen LogP contribution in [0, 0.1) is 11.3 Å². The fourth-order valence-electron chi connectivity index (χ4n) is 1.85. The van der Waals surface area contributed by atoms with Crippen molar-refractivity contribution in [2.24, 2.45) is 0 Å². The van der Waals surface area contributed by atoms with Gasteiger partial charge in [-0.3, -0.25) is 0 Å². The van der Waals surface area contributed by atoms with Crippen LogP contribution in [0.5, 0.6) is 5.75 Å². The maximum Gasteiger partial charge on any atom is 0.344 e. The Labute approximate surface area is 146 Å². The van der Waals surface area contributed by atoms with Gasteiger partial charge < -0.3 is 21.3 Å². The summed E-state index contributed by atoms with van der Waals surface area (Å²) in [5.74, 6) is -1.36. The smallest absolute Gasteiger partial charge is 0.344 e. The topological polar surface area (TPSA) is 148 Å². The summed E-state index contributed by atoms with van der Waals surface area (Å²) >= 11 is 12.2. The van der Waals surface area contributed by atoms with Gasteiger partial charge in [-0.2, -0.15) is 10.2 Å². The molecule has 1 unspecified atom stereocenters. The molecule has 1 atom stereocenters. The standard InChI is InChI=1S/C14H11Cl2N5O3/c1-5(13(22)23)24-11-8(15)2-6(3-9(11)16)10-7(4-17)12(18)21-14(19)20-10/h2-3,5H,1H3,(H,22,23)(H4,18,19,20,21). The molecule has 24 heavy (non-hydrogen) atoms. The van der Waals surface area contributed by atoms with Gasteiger partial charge in [-0.25, -0.2) is 9.78 Å². The highest BCUT2D eigenvalue weighted by atomic mass is 35.5. The van der Waals surface area contributed by atoms with Gasteiger partial charge in [-0.05, 0) is 19.1 Å². The summed E-state index contributed by atoms with van der Waals surface area (Å²) < 4.78 is 5.22. The summed E-state index contributed by atoms with van der Waals surface area (Å²) in [5.41, 5.74) is 11.8. The van der Waals surface area contributed by atoms with E-state index in [4.69, 9.17) is 44.5 Å². The molecule has 0 amide bonds. The predicted molar refractivity (Wildman–Crippen MR) is 88.8 cm³/mol. The summed E-state index contributed by atoms with van der Waals surface area (Å²) in [6.07, 6.45) is -1.15. The predicted octanol–water partition coefficient (Wildman–Crippen LogP) is 2.34. The zero-order chi connectivity index (χ0) is 18.0. The maximum atomic E-state index is 10.9. The monoisotopic (exact) mass is 367 g/mol. The van der Waals surface area contributed by atoms with E-state index in [2.05, 4.69) is 9.97 Å². The van der Waals surface area contributed by atoms with E-state index in [1.54, 1.807) is 0 Å². The van der Waals surface area contributed by atoms with E-state index >= 15 is 0 Å². The van der Waals surface area contributed by atoms with Crippen molar-refractivity contribution in [3.8, 4) is 23.1 Å². The molecule has 0 aliphatic heterocycles. The molecule has 1 heterocycles. The minimum atomic E-state index is -1.17. The Morgan fingerprint density at radius 2 is 1.92 bits per heavy atom. The van der Waals surface area contributed by atoms with Gasteiger partial charge in [-0.15, -0.1) is 0 Å². The van der Waals surface area contributed by atoms with Crippen molar-refractivity contribution in [2.45, 2.75) is 13.0 Å². The van der Waals surface area contributed by atoms with Gasteiger partial charge in [0.1, 0.15) is 17.5 Å². The number of nitrogen functional groups attached to an aromatic ring is 2. The second-order valence-corrected chi connectivity index (χ2v) is 5.48. The van der Waals surface area contributed by atoms with Crippen molar-refractivity contribution in [1.82, 2.24) is 9.97 Å². The average Bonchev–Trinajstić information content (AvgIpc) is 2.49. The Kier molecular flexibility index (Phi) is 4.97. The molecule has 2 aromatic rings.